The minimum absolute atomic E-state index is 0.0662. The number of hydrogen-bond acceptors (Lipinski definition) is 4. The quantitative estimate of drug-likeness (QED) is 0.702. The van der Waals surface area contributed by atoms with Crippen molar-refractivity contribution in [2.75, 3.05) is 19.8 Å². The summed E-state index contributed by atoms with van der Waals surface area (Å²) in [6.07, 6.45) is 1.65. The van der Waals surface area contributed by atoms with Crippen molar-refractivity contribution in [2.24, 2.45) is 0 Å². The number of carbonyl (C=O) groups is 1. The summed E-state index contributed by atoms with van der Waals surface area (Å²) in [5, 5.41) is 4.75. The highest BCUT2D eigenvalue weighted by atomic mass is 16.5. The lowest BCUT2D eigenvalue weighted by Crippen LogP contribution is -2.44. The molecule has 6 heteroatoms. The van der Waals surface area contributed by atoms with E-state index in [2.05, 4.69) is 24.0 Å². The first-order valence-electron chi connectivity index (χ1n) is 9.52. The lowest BCUT2D eigenvalue weighted by Gasteiger charge is -2.35. The predicted molar refractivity (Wildman–Crippen MR) is 106 cm³/mol. The lowest BCUT2D eigenvalue weighted by molar-refractivity contribution is -0.00336. The fraction of sp³-hybridized carbons (Fsp3) is 0.318. The molecule has 2 aromatic heterocycles. The van der Waals surface area contributed by atoms with Gasteiger partial charge in [0.15, 0.2) is 0 Å². The van der Waals surface area contributed by atoms with Crippen molar-refractivity contribution in [3.05, 3.63) is 82.9 Å². The van der Waals surface area contributed by atoms with E-state index in [-0.39, 0.29) is 11.9 Å². The third-order valence-electron chi connectivity index (χ3n) is 5.22. The van der Waals surface area contributed by atoms with Gasteiger partial charge in [0.05, 0.1) is 31.5 Å². The maximum absolute atomic E-state index is 13.1. The number of pyridine rings is 1. The van der Waals surface area contributed by atoms with Crippen LogP contribution in [-0.4, -0.2) is 45.3 Å². The van der Waals surface area contributed by atoms with Crippen molar-refractivity contribution in [2.45, 2.75) is 26.4 Å². The van der Waals surface area contributed by atoms with Crippen molar-refractivity contribution >= 4 is 5.91 Å². The van der Waals surface area contributed by atoms with Crippen LogP contribution in [-0.2, 0) is 11.3 Å². The average Bonchev–Trinajstić information content (AvgIpc) is 3.01. The van der Waals surface area contributed by atoms with Gasteiger partial charge in [-0.15, -0.1) is 0 Å². The summed E-state index contributed by atoms with van der Waals surface area (Å²) in [4.78, 5) is 19.2. The van der Waals surface area contributed by atoms with Crippen molar-refractivity contribution in [1.29, 1.82) is 0 Å². The molecule has 0 bridgehead atoms. The third kappa shape index (κ3) is 3.55. The van der Waals surface area contributed by atoms with E-state index in [0.29, 0.717) is 32.0 Å². The number of rotatable bonds is 4. The monoisotopic (exact) mass is 376 g/mol. The molecule has 1 fully saturated rings. The molecule has 3 heterocycles. The molecular weight excluding hydrogens is 352 g/mol. The summed E-state index contributed by atoms with van der Waals surface area (Å²) in [5.41, 5.74) is 4.72. The Bertz CT molecular complexity index is 953. The maximum Gasteiger partial charge on any atom is 0.273 e. The van der Waals surface area contributed by atoms with Gasteiger partial charge >= 0.3 is 0 Å². The van der Waals surface area contributed by atoms with Gasteiger partial charge in [-0.1, -0.05) is 36.4 Å². The Balaban J connectivity index is 1.65. The Morgan fingerprint density at radius 1 is 1.14 bits per heavy atom. The molecule has 1 aliphatic heterocycles. The maximum atomic E-state index is 13.1. The van der Waals surface area contributed by atoms with Crippen molar-refractivity contribution in [3.63, 3.8) is 0 Å². The third-order valence-corrected chi connectivity index (χ3v) is 5.22. The fourth-order valence-electron chi connectivity index (χ4n) is 3.83. The second kappa shape index (κ2) is 7.94. The highest BCUT2D eigenvalue weighted by Crippen LogP contribution is 2.30. The van der Waals surface area contributed by atoms with Gasteiger partial charge in [-0.05, 0) is 31.5 Å². The van der Waals surface area contributed by atoms with Crippen LogP contribution in [0.4, 0.5) is 0 Å². The number of nitrogens with zero attached hydrogens (tertiary/aromatic N) is 4. The molecule has 0 radical (unpaired) electrons. The van der Waals surface area contributed by atoms with Gasteiger partial charge in [0, 0.05) is 24.0 Å². The van der Waals surface area contributed by atoms with Crippen LogP contribution < -0.4 is 0 Å². The van der Waals surface area contributed by atoms with Gasteiger partial charge in [-0.3, -0.25) is 14.5 Å². The van der Waals surface area contributed by atoms with Gasteiger partial charge in [-0.2, -0.15) is 5.10 Å². The standard InChI is InChI=1S/C22H24N4O2/c1-16-21(17(2)26(24-16)14-18-8-4-3-5-9-18)20-15-28-13-12-25(20)22(27)19-10-6-7-11-23-19/h3-11,20H,12-15H2,1-2H3/t20-/m0/s1. The molecule has 1 amide bonds. The summed E-state index contributed by atoms with van der Waals surface area (Å²) < 4.78 is 7.75. The molecule has 1 atom stereocenters. The first kappa shape index (κ1) is 18.4. The smallest absolute Gasteiger partial charge is 0.273 e. The average molecular weight is 376 g/mol. The zero-order valence-electron chi connectivity index (χ0n) is 16.2. The molecule has 0 saturated carbocycles. The van der Waals surface area contributed by atoms with E-state index < -0.39 is 0 Å². The molecule has 1 saturated heterocycles. The SMILES string of the molecule is Cc1nn(Cc2ccccc2)c(C)c1[C@@H]1COCCN1C(=O)c1ccccn1. The first-order valence-corrected chi connectivity index (χ1v) is 9.52. The lowest BCUT2D eigenvalue weighted by atomic mass is 10.0. The van der Waals surface area contributed by atoms with Crippen LogP contribution in [0.2, 0.25) is 0 Å². The van der Waals surface area contributed by atoms with E-state index in [1.165, 1.54) is 5.56 Å². The molecule has 144 valence electrons. The predicted octanol–water partition coefficient (Wildman–Crippen LogP) is 3.16. The van der Waals surface area contributed by atoms with Crippen molar-refractivity contribution in [3.8, 4) is 0 Å². The second-order valence-corrected chi connectivity index (χ2v) is 7.03. The number of amides is 1. The Labute approximate surface area is 164 Å². The summed E-state index contributed by atoms with van der Waals surface area (Å²) in [6.45, 7) is 6.32. The highest BCUT2D eigenvalue weighted by molar-refractivity contribution is 5.92. The molecule has 1 aliphatic rings. The Hall–Kier alpha value is -2.99. The molecule has 0 spiro atoms. The largest absolute Gasteiger partial charge is 0.377 e. The van der Waals surface area contributed by atoms with Gasteiger partial charge < -0.3 is 9.64 Å². The number of hydrogen-bond donors (Lipinski definition) is 0. The van der Waals surface area contributed by atoms with E-state index in [1.54, 1.807) is 12.3 Å². The first-order chi connectivity index (χ1) is 13.6. The van der Waals surface area contributed by atoms with E-state index >= 15 is 0 Å². The molecular formula is C22H24N4O2. The molecule has 1 aromatic carbocycles. The Kier molecular flexibility index (Phi) is 5.21. The number of morpholine rings is 1. The minimum atomic E-state index is -0.159. The van der Waals surface area contributed by atoms with Crippen LogP contribution in [0.3, 0.4) is 0 Å². The fourth-order valence-corrected chi connectivity index (χ4v) is 3.83. The zero-order chi connectivity index (χ0) is 19.5. The molecule has 28 heavy (non-hydrogen) atoms. The van der Waals surface area contributed by atoms with Gasteiger partial charge in [0.25, 0.3) is 5.91 Å². The van der Waals surface area contributed by atoms with E-state index in [9.17, 15) is 4.79 Å². The summed E-state index contributed by atoms with van der Waals surface area (Å²) >= 11 is 0. The van der Waals surface area contributed by atoms with E-state index in [4.69, 9.17) is 9.84 Å². The Morgan fingerprint density at radius 3 is 2.68 bits per heavy atom. The van der Waals surface area contributed by atoms with Gasteiger partial charge in [0.2, 0.25) is 0 Å². The number of ether oxygens (including phenoxy) is 1. The van der Waals surface area contributed by atoms with Crippen molar-refractivity contribution in [1.82, 2.24) is 19.7 Å². The summed E-state index contributed by atoms with van der Waals surface area (Å²) in [6, 6.07) is 15.5. The number of aromatic nitrogens is 3. The van der Waals surface area contributed by atoms with Gasteiger partial charge in [0.1, 0.15) is 5.69 Å². The number of carbonyl (C=O) groups excluding carboxylic acids is 1. The molecule has 3 aromatic rings. The van der Waals surface area contributed by atoms with Gasteiger partial charge in [-0.25, -0.2) is 0 Å². The van der Waals surface area contributed by atoms with Crippen LogP contribution in [0.25, 0.3) is 0 Å². The van der Waals surface area contributed by atoms with E-state index in [1.807, 2.05) is 46.8 Å². The topological polar surface area (TPSA) is 60.2 Å². The van der Waals surface area contributed by atoms with Crippen LogP contribution in [0.15, 0.2) is 54.7 Å². The Morgan fingerprint density at radius 2 is 1.93 bits per heavy atom. The van der Waals surface area contributed by atoms with Crippen LogP contribution >= 0.6 is 0 Å². The van der Waals surface area contributed by atoms with Crippen LogP contribution in [0, 0.1) is 13.8 Å². The summed E-state index contributed by atoms with van der Waals surface area (Å²) in [5.74, 6) is -0.0662. The molecule has 0 N–H and O–H groups in total. The summed E-state index contributed by atoms with van der Waals surface area (Å²) in [7, 11) is 0. The van der Waals surface area contributed by atoms with E-state index in [0.717, 1.165) is 17.0 Å². The van der Waals surface area contributed by atoms with Crippen LogP contribution in [0.5, 0.6) is 0 Å². The number of benzene rings is 1. The second-order valence-electron chi connectivity index (χ2n) is 7.03. The molecule has 0 aliphatic carbocycles. The number of aryl methyl sites for hydroxylation is 1. The normalized spacial score (nSPS) is 16.9. The molecule has 0 unspecified atom stereocenters. The molecule has 6 nitrogen and oxygen atoms in total. The zero-order valence-corrected chi connectivity index (χ0v) is 16.2. The van der Waals surface area contributed by atoms with Crippen LogP contribution in [0.1, 0.15) is 39.0 Å². The minimum Gasteiger partial charge on any atom is -0.377 e. The molecule has 4 rings (SSSR count). The highest BCUT2D eigenvalue weighted by Gasteiger charge is 2.33. The van der Waals surface area contributed by atoms with Crippen molar-refractivity contribution < 1.29 is 9.53 Å².